The minimum absolute atomic E-state index is 0.0654. The fourth-order valence-corrected chi connectivity index (χ4v) is 3.55. The molecule has 0 bridgehead atoms. The lowest BCUT2D eigenvalue weighted by Gasteiger charge is -2.39. The Morgan fingerprint density at radius 1 is 1.26 bits per heavy atom. The molecule has 2 aliphatic heterocycles. The van der Waals surface area contributed by atoms with Crippen LogP contribution in [0.15, 0.2) is 17.6 Å². The van der Waals surface area contributed by atoms with Crippen LogP contribution >= 0.6 is 11.8 Å². The second-order valence-electron chi connectivity index (χ2n) is 6.02. The number of carbonyl (C=O) groups excluding carboxylic acids is 1. The number of hydrogen-bond donors (Lipinski definition) is 0. The molecule has 2 saturated heterocycles. The van der Waals surface area contributed by atoms with Crippen LogP contribution in [0, 0.1) is 0 Å². The first-order chi connectivity index (χ1) is 11.3. The highest BCUT2D eigenvalue weighted by Gasteiger charge is 2.29. The van der Waals surface area contributed by atoms with Gasteiger partial charge in [-0.1, -0.05) is 11.8 Å². The zero-order valence-corrected chi connectivity index (χ0v) is 14.4. The predicted octanol–water partition coefficient (Wildman–Crippen LogP) is 1.53. The molecule has 0 aliphatic carbocycles. The minimum atomic E-state index is 0.0654. The molecule has 3 heterocycles. The van der Waals surface area contributed by atoms with Crippen molar-refractivity contribution in [1.82, 2.24) is 19.8 Å². The molecule has 2 fully saturated rings. The quantitative estimate of drug-likeness (QED) is 0.614. The van der Waals surface area contributed by atoms with Crippen LogP contribution in [0.3, 0.4) is 0 Å². The van der Waals surface area contributed by atoms with Crippen molar-refractivity contribution in [3.05, 3.63) is 18.0 Å². The van der Waals surface area contributed by atoms with Crippen LogP contribution in [0.5, 0.6) is 0 Å². The maximum absolute atomic E-state index is 12.8. The molecule has 1 amide bonds. The normalized spacial score (nSPS) is 23.0. The summed E-state index contributed by atoms with van der Waals surface area (Å²) in [6, 6.07) is 0.287. The van der Waals surface area contributed by atoms with Gasteiger partial charge in [0.2, 0.25) is 0 Å². The van der Waals surface area contributed by atoms with Gasteiger partial charge in [0.25, 0.3) is 5.91 Å². The average molecular weight is 336 g/mol. The first-order valence-corrected chi connectivity index (χ1v) is 9.47. The molecule has 126 valence electrons. The highest BCUT2D eigenvalue weighted by Crippen LogP contribution is 2.21. The SMILES string of the molecule is CSc1ncc(C(=O)N2CCCC[C@H]2CN2CCOCC2)cn1. The van der Waals surface area contributed by atoms with E-state index in [4.69, 9.17) is 4.74 Å². The number of hydrogen-bond acceptors (Lipinski definition) is 6. The van der Waals surface area contributed by atoms with Crippen LogP contribution in [-0.2, 0) is 4.74 Å². The molecule has 0 aromatic carbocycles. The molecule has 1 atom stereocenters. The second kappa shape index (κ2) is 8.08. The van der Waals surface area contributed by atoms with Crippen LogP contribution in [-0.4, -0.2) is 77.4 Å². The van der Waals surface area contributed by atoms with Crippen molar-refractivity contribution in [2.45, 2.75) is 30.5 Å². The summed E-state index contributed by atoms with van der Waals surface area (Å²) in [4.78, 5) is 25.7. The number of aromatic nitrogens is 2. The van der Waals surface area contributed by atoms with E-state index in [0.717, 1.165) is 52.2 Å². The van der Waals surface area contributed by atoms with Gasteiger partial charge in [0, 0.05) is 44.6 Å². The number of likely N-dealkylation sites (tertiary alicyclic amines) is 1. The molecule has 23 heavy (non-hydrogen) atoms. The van der Waals surface area contributed by atoms with E-state index in [0.29, 0.717) is 10.7 Å². The standard InChI is InChI=1S/C16H24N4O2S/c1-23-16-17-10-13(11-18-16)15(21)20-5-3-2-4-14(20)12-19-6-8-22-9-7-19/h10-11,14H,2-9,12H2,1H3/t14-/m0/s1. The highest BCUT2D eigenvalue weighted by molar-refractivity contribution is 7.98. The molecular formula is C16H24N4O2S. The monoisotopic (exact) mass is 336 g/mol. The van der Waals surface area contributed by atoms with Crippen molar-refractivity contribution in [1.29, 1.82) is 0 Å². The summed E-state index contributed by atoms with van der Waals surface area (Å²) in [5.41, 5.74) is 0.594. The van der Waals surface area contributed by atoms with E-state index in [1.807, 2.05) is 11.2 Å². The molecular weight excluding hydrogens is 312 g/mol. The summed E-state index contributed by atoms with van der Waals surface area (Å²) < 4.78 is 5.41. The van der Waals surface area contributed by atoms with Crippen molar-refractivity contribution < 1.29 is 9.53 Å². The van der Waals surface area contributed by atoms with Gasteiger partial charge in [0.1, 0.15) is 0 Å². The Hall–Kier alpha value is -1.18. The van der Waals surface area contributed by atoms with Crippen molar-refractivity contribution >= 4 is 17.7 Å². The molecule has 0 spiro atoms. The van der Waals surface area contributed by atoms with Crippen LogP contribution in [0.4, 0.5) is 0 Å². The van der Waals surface area contributed by atoms with Gasteiger partial charge < -0.3 is 9.64 Å². The first kappa shape index (κ1) is 16.7. The largest absolute Gasteiger partial charge is 0.379 e. The van der Waals surface area contributed by atoms with Gasteiger partial charge >= 0.3 is 0 Å². The molecule has 3 rings (SSSR count). The maximum atomic E-state index is 12.8. The number of rotatable bonds is 4. The molecule has 0 radical (unpaired) electrons. The number of ether oxygens (including phenoxy) is 1. The molecule has 0 unspecified atom stereocenters. The number of piperidine rings is 1. The van der Waals surface area contributed by atoms with Gasteiger partial charge in [0.05, 0.1) is 18.8 Å². The molecule has 1 aromatic rings. The topological polar surface area (TPSA) is 58.6 Å². The van der Waals surface area contributed by atoms with Crippen LogP contribution in [0.1, 0.15) is 29.6 Å². The van der Waals surface area contributed by atoms with Crippen molar-refractivity contribution in [3.63, 3.8) is 0 Å². The van der Waals surface area contributed by atoms with Crippen LogP contribution in [0.25, 0.3) is 0 Å². The van der Waals surface area contributed by atoms with Crippen LogP contribution in [0.2, 0.25) is 0 Å². The van der Waals surface area contributed by atoms with Crippen LogP contribution < -0.4 is 0 Å². The Morgan fingerprint density at radius 2 is 2.00 bits per heavy atom. The molecule has 7 heteroatoms. The van der Waals surface area contributed by atoms with E-state index >= 15 is 0 Å². The van der Waals surface area contributed by atoms with E-state index in [2.05, 4.69) is 14.9 Å². The fourth-order valence-electron chi connectivity index (χ4n) is 3.24. The van der Waals surface area contributed by atoms with Gasteiger partial charge in [-0.05, 0) is 25.5 Å². The number of morpholine rings is 1. The van der Waals surface area contributed by atoms with Gasteiger partial charge in [0.15, 0.2) is 5.16 Å². The molecule has 2 aliphatic rings. The van der Waals surface area contributed by atoms with Crippen molar-refractivity contribution in [3.8, 4) is 0 Å². The minimum Gasteiger partial charge on any atom is -0.379 e. The Bertz CT molecular complexity index is 519. The third kappa shape index (κ3) is 4.22. The second-order valence-corrected chi connectivity index (χ2v) is 6.79. The van der Waals surface area contributed by atoms with Gasteiger partial charge in [-0.25, -0.2) is 9.97 Å². The lowest BCUT2D eigenvalue weighted by Crippen LogP contribution is -2.51. The summed E-state index contributed by atoms with van der Waals surface area (Å²) in [7, 11) is 0. The van der Waals surface area contributed by atoms with Gasteiger partial charge in [-0.3, -0.25) is 9.69 Å². The highest BCUT2D eigenvalue weighted by atomic mass is 32.2. The maximum Gasteiger partial charge on any atom is 0.257 e. The number of nitrogens with zero attached hydrogens (tertiary/aromatic N) is 4. The van der Waals surface area contributed by atoms with Crippen molar-refractivity contribution in [2.75, 3.05) is 45.6 Å². The van der Waals surface area contributed by atoms with E-state index in [9.17, 15) is 4.79 Å². The van der Waals surface area contributed by atoms with E-state index in [-0.39, 0.29) is 11.9 Å². The van der Waals surface area contributed by atoms with Gasteiger partial charge in [-0.2, -0.15) is 0 Å². The number of amides is 1. The summed E-state index contributed by atoms with van der Waals surface area (Å²) in [5.74, 6) is 0.0654. The Morgan fingerprint density at radius 3 is 2.70 bits per heavy atom. The average Bonchev–Trinajstić information content (AvgIpc) is 2.62. The first-order valence-electron chi connectivity index (χ1n) is 8.25. The van der Waals surface area contributed by atoms with E-state index in [1.54, 1.807) is 12.4 Å². The summed E-state index contributed by atoms with van der Waals surface area (Å²) in [5, 5.41) is 0.699. The van der Waals surface area contributed by atoms with E-state index < -0.39 is 0 Å². The third-order valence-corrected chi connectivity index (χ3v) is 5.09. The summed E-state index contributed by atoms with van der Waals surface area (Å²) >= 11 is 1.48. The van der Waals surface area contributed by atoms with E-state index in [1.165, 1.54) is 18.2 Å². The smallest absolute Gasteiger partial charge is 0.257 e. The zero-order valence-electron chi connectivity index (χ0n) is 13.6. The Balaban J connectivity index is 1.67. The number of carbonyl (C=O) groups is 1. The summed E-state index contributed by atoms with van der Waals surface area (Å²) in [6.45, 7) is 5.29. The Labute approximate surface area is 141 Å². The fraction of sp³-hybridized carbons (Fsp3) is 0.688. The van der Waals surface area contributed by atoms with Crippen molar-refractivity contribution in [2.24, 2.45) is 0 Å². The molecule has 1 aromatic heterocycles. The Kier molecular flexibility index (Phi) is 5.85. The lowest BCUT2D eigenvalue weighted by atomic mass is 10.0. The lowest BCUT2D eigenvalue weighted by molar-refractivity contribution is 0.0166. The van der Waals surface area contributed by atoms with Gasteiger partial charge in [-0.15, -0.1) is 0 Å². The predicted molar refractivity (Wildman–Crippen MR) is 89.7 cm³/mol. The molecule has 6 nitrogen and oxygen atoms in total. The number of thioether (sulfide) groups is 1. The molecule has 0 N–H and O–H groups in total. The zero-order chi connectivity index (χ0) is 16.1. The summed E-state index contributed by atoms with van der Waals surface area (Å²) in [6.07, 6.45) is 8.59. The molecule has 0 saturated carbocycles. The third-order valence-electron chi connectivity index (χ3n) is 4.52.